The zero-order chi connectivity index (χ0) is 9.23. The van der Waals surface area contributed by atoms with Crippen molar-refractivity contribution in [1.29, 1.82) is 0 Å². The molecule has 70 valence electrons. The Morgan fingerprint density at radius 2 is 2.00 bits per heavy atom. The molecule has 12 heavy (non-hydrogen) atoms. The van der Waals surface area contributed by atoms with Crippen LogP contribution >= 0.6 is 0 Å². The number of unbranched alkanes of at least 4 members (excludes halogenated alkanes) is 3. The monoisotopic (exact) mass is 168 g/mol. The van der Waals surface area contributed by atoms with Gasteiger partial charge in [-0.1, -0.05) is 38.3 Å². The predicted molar refractivity (Wildman–Crippen MR) is 53.2 cm³/mol. The van der Waals surface area contributed by atoms with Crippen molar-refractivity contribution in [3.8, 4) is 0 Å². The summed E-state index contributed by atoms with van der Waals surface area (Å²) in [6, 6.07) is 0. The summed E-state index contributed by atoms with van der Waals surface area (Å²) in [5, 5.41) is 0. The second-order valence-corrected chi connectivity index (χ2v) is 3.12. The third-order valence-corrected chi connectivity index (χ3v) is 1.89. The minimum atomic E-state index is 0.379. The molecule has 1 nitrogen and oxygen atoms in total. The average Bonchev–Trinajstić information content (AvgIpc) is 2.09. The van der Waals surface area contributed by atoms with Crippen LogP contribution in [0.1, 0.15) is 52.4 Å². The number of hydrogen-bond acceptors (Lipinski definition) is 1. The molecule has 0 N–H and O–H groups in total. The average molecular weight is 168 g/mol. The first-order valence-corrected chi connectivity index (χ1v) is 4.94. The zero-order valence-corrected chi connectivity index (χ0v) is 8.31. The highest BCUT2D eigenvalue weighted by atomic mass is 16.1. The van der Waals surface area contributed by atoms with Gasteiger partial charge in [0.1, 0.15) is 5.78 Å². The van der Waals surface area contributed by atoms with Crippen LogP contribution in [0.4, 0.5) is 0 Å². The van der Waals surface area contributed by atoms with E-state index in [0.29, 0.717) is 12.2 Å². The smallest absolute Gasteiger partial charge is 0.136 e. The van der Waals surface area contributed by atoms with Gasteiger partial charge in [-0.3, -0.25) is 4.79 Å². The summed E-state index contributed by atoms with van der Waals surface area (Å²) in [6.45, 7) is 4.13. The van der Waals surface area contributed by atoms with Crippen molar-refractivity contribution in [3.05, 3.63) is 12.2 Å². The molecule has 0 aliphatic rings. The van der Waals surface area contributed by atoms with Gasteiger partial charge in [0.05, 0.1) is 0 Å². The van der Waals surface area contributed by atoms with E-state index in [2.05, 4.69) is 6.92 Å². The highest BCUT2D eigenvalue weighted by Crippen LogP contribution is 2.04. The number of rotatable bonds is 7. The molecule has 0 heterocycles. The summed E-state index contributed by atoms with van der Waals surface area (Å²) in [5.74, 6) is 0.379. The normalized spacial score (nSPS) is 10.8. The Bertz CT molecular complexity index is 136. The van der Waals surface area contributed by atoms with Crippen molar-refractivity contribution in [3.63, 3.8) is 0 Å². The van der Waals surface area contributed by atoms with Gasteiger partial charge < -0.3 is 0 Å². The highest BCUT2D eigenvalue weighted by molar-refractivity contribution is 5.79. The number of carbonyl (C=O) groups is 1. The van der Waals surface area contributed by atoms with Gasteiger partial charge in [-0.2, -0.15) is 0 Å². The fourth-order valence-electron chi connectivity index (χ4n) is 1.10. The molecule has 0 unspecified atom stereocenters. The fraction of sp³-hybridized carbons (Fsp3) is 0.727. The van der Waals surface area contributed by atoms with E-state index in [1.54, 1.807) is 0 Å². The van der Waals surface area contributed by atoms with E-state index in [9.17, 15) is 4.79 Å². The predicted octanol–water partition coefficient (Wildman–Crippen LogP) is 3.49. The third-order valence-electron chi connectivity index (χ3n) is 1.89. The minimum absolute atomic E-state index is 0.379. The summed E-state index contributed by atoms with van der Waals surface area (Å²) >= 11 is 0. The van der Waals surface area contributed by atoms with Crippen LogP contribution < -0.4 is 0 Å². The molecule has 0 spiro atoms. The molecule has 0 fully saturated rings. The van der Waals surface area contributed by atoms with Gasteiger partial charge in [0.2, 0.25) is 0 Å². The SMILES string of the molecule is C/C=C/CC(=O)CCCCCC. The molecule has 0 aromatic rings. The van der Waals surface area contributed by atoms with E-state index in [1.807, 2.05) is 19.1 Å². The quantitative estimate of drug-likeness (QED) is 0.420. The number of ketones is 1. The molecule has 0 rings (SSSR count). The molecule has 0 radical (unpaired) electrons. The standard InChI is InChI=1S/C11H20O/c1-3-5-7-8-10-11(12)9-6-4-2/h4,6H,3,5,7-10H2,1-2H3/b6-4+. The summed E-state index contributed by atoms with van der Waals surface area (Å²) in [4.78, 5) is 11.1. The number of carbonyl (C=O) groups excluding carboxylic acids is 1. The van der Waals surface area contributed by atoms with Crippen LogP contribution in [0.3, 0.4) is 0 Å². The van der Waals surface area contributed by atoms with Gasteiger partial charge in [0, 0.05) is 12.8 Å². The third kappa shape index (κ3) is 7.52. The summed E-state index contributed by atoms with van der Waals surface area (Å²) in [5.41, 5.74) is 0. The summed E-state index contributed by atoms with van der Waals surface area (Å²) < 4.78 is 0. The first-order valence-electron chi connectivity index (χ1n) is 4.94. The Morgan fingerprint density at radius 3 is 2.58 bits per heavy atom. The van der Waals surface area contributed by atoms with Crippen LogP contribution in [0.2, 0.25) is 0 Å². The molecular formula is C11H20O. The Balaban J connectivity index is 3.20. The highest BCUT2D eigenvalue weighted by Gasteiger charge is 1.97. The lowest BCUT2D eigenvalue weighted by molar-refractivity contribution is -0.118. The van der Waals surface area contributed by atoms with Crippen molar-refractivity contribution < 1.29 is 4.79 Å². The number of hydrogen-bond donors (Lipinski definition) is 0. The molecule has 0 aromatic heterocycles. The zero-order valence-electron chi connectivity index (χ0n) is 8.31. The number of Topliss-reactive ketones (excluding diaryl/α,β-unsaturated/α-hetero) is 1. The van der Waals surface area contributed by atoms with Crippen molar-refractivity contribution in [2.75, 3.05) is 0 Å². The minimum Gasteiger partial charge on any atom is -0.299 e. The van der Waals surface area contributed by atoms with E-state index >= 15 is 0 Å². The fourth-order valence-corrected chi connectivity index (χ4v) is 1.10. The Morgan fingerprint density at radius 1 is 1.25 bits per heavy atom. The molecule has 0 aliphatic carbocycles. The van der Waals surface area contributed by atoms with Crippen LogP contribution in [0.5, 0.6) is 0 Å². The summed E-state index contributed by atoms with van der Waals surface area (Å²) in [7, 11) is 0. The molecular weight excluding hydrogens is 148 g/mol. The molecule has 0 atom stereocenters. The van der Waals surface area contributed by atoms with Crippen molar-refractivity contribution >= 4 is 5.78 Å². The van der Waals surface area contributed by atoms with Crippen LogP contribution in [0.15, 0.2) is 12.2 Å². The Labute approximate surface area is 75.9 Å². The van der Waals surface area contributed by atoms with Crippen molar-refractivity contribution in [1.82, 2.24) is 0 Å². The van der Waals surface area contributed by atoms with E-state index in [-0.39, 0.29) is 0 Å². The summed E-state index contributed by atoms with van der Waals surface area (Å²) in [6.07, 6.45) is 10.0. The molecule has 0 amide bonds. The molecule has 0 aliphatic heterocycles. The van der Waals surface area contributed by atoms with Crippen LogP contribution in [0.25, 0.3) is 0 Å². The second kappa shape index (κ2) is 8.51. The van der Waals surface area contributed by atoms with E-state index in [1.165, 1.54) is 19.3 Å². The lowest BCUT2D eigenvalue weighted by Crippen LogP contribution is -1.94. The molecule has 0 saturated carbocycles. The largest absolute Gasteiger partial charge is 0.299 e. The maximum Gasteiger partial charge on any atom is 0.136 e. The van der Waals surface area contributed by atoms with Gasteiger partial charge in [0.15, 0.2) is 0 Å². The van der Waals surface area contributed by atoms with Gasteiger partial charge in [-0.15, -0.1) is 0 Å². The first-order chi connectivity index (χ1) is 5.81. The van der Waals surface area contributed by atoms with Crippen molar-refractivity contribution in [2.24, 2.45) is 0 Å². The maximum atomic E-state index is 11.1. The Hall–Kier alpha value is -0.590. The van der Waals surface area contributed by atoms with Gasteiger partial charge in [-0.05, 0) is 13.3 Å². The molecule has 0 bridgehead atoms. The van der Waals surface area contributed by atoms with Crippen molar-refractivity contribution in [2.45, 2.75) is 52.4 Å². The van der Waals surface area contributed by atoms with Gasteiger partial charge in [-0.25, -0.2) is 0 Å². The topological polar surface area (TPSA) is 17.1 Å². The molecule has 0 aromatic carbocycles. The Kier molecular flexibility index (Phi) is 8.09. The van der Waals surface area contributed by atoms with Crippen LogP contribution in [0, 0.1) is 0 Å². The van der Waals surface area contributed by atoms with Crippen LogP contribution in [-0.2, 0) is 4.79 Å². The second-order valence-electron chi connectivity index (χ2n) is 3.12. The lowest BCUT2D eigenvalue weighted by atomic mass is 10.1. The lowest BCUT2D eigenvalue weighted by Gasteiger charge is -1.96. The van der Waals surface area contributed by atoms with E-state index in [4.69, 9.17) is 0 Å². The maximum absolute atomic E-state index is 11.1. The van der Waals surface area contributed by atoms with E-state index < -0.39 is 0 Å². The molecule has 0 saturated heterocycles. The van der Waals surface area contributed by atoms with E-state index in [0.717, 1.165) is 12.8 Å². The molecule has 1 heteroatoms. The van der Waals surface area contributed by atoms with Crippen LogP contribution in [-0.4, -0.2) is 5.78 Å². The first kappa shape index (κ1) is 11.4. The van der Waals surface area contributed by atoms with Gasteiger partial charge in [0.25, 0.3) is 0 Å². The number of allylic oxidation sites excluding steroid dienone is 2. The van der Waals surface area contributed by atoms with Gasteiger partial charge >= 0.3 is 0 Å².